The van der Waals surface area contributed by atoms with Gasteiger partial charge in [0.25, 0.3) is 0 Å². The van der Waals surface area contributed by atoms with Gasteiger partial charge in [-0.15, -0.1) is 0 Å². The van der Waals surface area contributed by atoms with E-state index < -0.39 is 0 Å². The van der Waals surface area contributed by atoms with Crippen LogP contribution in [0.5, 0.6) is 5.75 Å². The predicted octanol–water partition coefficient (Wildman–Crippen LogP) is 2.15. The van der Waals surface area contributed by atoms with E-state index in [1.807, 2.05) is 26.0 Å². The first-order valence-electron chi connectivity index (χ1n) is 8.42. The maximum absolute atomic E-state index is 12.1. The highest BCUT2D eigenvalue weighted by Crippen LogP contribution is 2.18. The van der Waals surface area contributed by atoms with Crippen LogP contribution < -0.4 is 5.43 Å². The van der Waals surface area contributed by atoms with E-state index in [4.69, 9.17) is 4.74 Å². The predicted molar refractivity (Wildman–Crippen MR) is 92.3 cm³/mol. The maximum atomic E-state index is 12.1. The number of amides is 1. The molecule has 1 fully saturated rings. The van der Waals surface area contributed by atoms with Gasteiger partial charge in [-0.1, -0.05) is 26.0 Å². The van der Waals surface area contributed by atoms with Gasteiger partial charge >= 0.3 is 6.09 Å². The van der Waals surface area contributed by atoms with E-state index in [1.54, 1.807) is 11.8 Å². The molecule has 1 N–H and O–H groups in total. The van der Waals surface area contributed by atoms with Crippen molar-refractivity contribution in [3.05, 3.63) is 39.5 Å². The molecule has 1 aliphatic rings. The second-order valence-corrected chi connectivity index (χ2v) is 6.33. The molecule has 1 heterocycles. The third-order valence-electron chi connectivity index (χ3n) is 4.27. The van der Waals surface area contributed by atoms with E-state index in [9.17, 15) is 14.7 Å². The molecule has 2 rings (SSSR count). The molecule has 0 unspecified atom stereocenters. The maximum Gasteiger partial charge on any atom is 0.409 e. The zero-order chi connectivity index (χ0) is 17.7. The molecule has 1 aromatic carbocycles. The zero-order valence-corrected chi connectivity index (χ0v) is 14.6. The number of hydrogen-bond acceptors (Lipinski definition) is 5. The van der Waals surface area contributed by atoms with Gasteiger partial charge in [-0.25, -0.2) is 4.79 Å². The molecule has 0 aromatic heterocycles. The molecule has 6 nitrogen and oxygen atoms in total. The minimum Gasteiger partial charge on any atom is -0.504 e. The summed E-state index contributed by atoms with van der Waals surface area (Å²) in [6.07, 6.45) is -0.283. The number of piperazine rings is 1. The fraction of sp³-hybridized carbons (Fsp3) is 0.556. The van der Waals surface area contributed by atoms with Gasteiger partial charge in [-0.3, -0.25) is 9.69 Å². The molecule has 0 bridgehead atoms. The average molecular weight is 334 g/mol. The summed E-state index contributed by atoms with van der Waals surface area (Å²) in [6, 6.07) is 5.22. The normalized spacial score (nSPS) is 15.6. The molecule has 0 atom stereocenters. The number of carbonyl (C=O) groups excluding carboxylic acids is 1. The first-order chi connectivity index (χ1) is 11.4. The first kappa shape index (κ1) is 18.3. The van der Waals surface area contributed by atoms with Gasteiger partial charge in [0.05, 0.1) is 6.61 Å². The monoisotopic (exact) mass is 334 g/mol. The van der Waals surface area contributed by atoms with Crippen LogP contribution in [0.1, 0.15) is 37.8 Å². The van der Waals surface area contributed by atoms with Crippen LogP contribution in [0.25, 0.3) is 0 Å². The number of hydrogen-bond donors (Lipinski definition) is 1. The summed E-state index contributed by atoms with van der Waals surface area (Å²) in [5.74, 6) is 0.0418. The average Bonchev–Trinajstić information content (AvgIpc) is 2.69. The molecule has 1 aliphatic heterocycles. The van der Waals surface area contributed by atoms with Crippen molar-refractivity contribution in [1.29, 1.82) is 0 Å². The lowest BCUT2D eigenvalue weighted by Crippen LogP contribution is -2.48. The summed E-state index contributed by atoms with van der Waals surface area (Å²) in [4.78, 5) is 27.6. The standard InChI is InChI=1S/C18H26N2O4/c1-4-24-18(23)20-9-7-19(8-10-20)12-15-6-5-14(13(2)3)11-16(21)17(15)22/h5-6,11,13H,4,7-10,12H2,1-3H3,(H,21,22). The lowest BCUT2D eigenvalue weighted by atomic mass is 10.1. The summed E-state index contributed by atoms with van der Waals surface area (Å²) in [5.41, 5.74) is 1.19. The number of ether oxygens (including phenoxy) is 1. The Hall–Kier alpha value is -2.08. The van der Waals surface area contributed by atoms with Gasteiger partial charge in [-0.05, 0) is 24.5 Å². The molecule has 6 heteroatoms. The molecule has 24 heavy (non-hydrogen) atoms. The van der Waals surface area contributed by atoms with Gasteiger partial charge < -0.3 is 14.7 Å². The van der Waals surface area contributed by atoms with Crippen LogP contribution in [-0.2, 0) is 11.3 Å². The second-order valence-electron chi connectivity index (χ2n) is 6.33. The van der Waals surface area contributed by atoms with Crippen molar-refractivity contribution in [2.45, 2.75) is 33.2 Å². The molecule has 0 radical (unpaired) electrons. The van der Waals surface area contributed by atoms with Crippen LogP contribution in [0, 0.1) is 0 Å². The van der Waals surface area contributed by atoms with Crippen LogP contribution in [-0.4, -0.2) is 53.8 Å². The number of nitrogens with zero attached hydrogens (tertiary/aromatic N) is 2. The summed E-state index contributed by atoms with van der Waals surface area (Å²) < 4.78 is 5.00. The van der Waals surface area contributed by atoms with E-state index in [-0.39, 0.29) is 23.2 Å². The van der Waals surface area contributed by atoms with Crippen LogP contribution in [0.4, 0.5) is 4.79 Å². The summed E-state index contributed by atoms with van der Waals surface area (Å²) in [5, 5.41) is 10.2. The molecular weight excluding hydrogens is 308 g/mol. The van der Waals surface area contributed by atoms with Crippen molar-refractivity contribution in [1.82, 2.24) is 9.80 Å². The highest BCUT2D eigenvalue weighted by Gasteiger charge is 2.22. The molecule has 1 saturated heterocycles. The third-order valence-corrected chi connectivity index (χ3v) is 4.27. The smallest absolute Gasteiger partial charge is 0.409 e. The molecule has 1 aromatic rings. The Morgan fingerprint density at radius 3 is 2.50 bits per heavy atom. The van der Waals surface area contributed by atoms with Crippen molar-refractivity contribution >= 4 is 6.09 Å². The van der Waals surface area contributed by atoms with Gasteiger partial charge in [0.1, 0.15) is 0 Å². The molecular formula is C18H26N2O4. The first-order valence-corrected chi connectivity index (χ1v) is 8.42. The Kier molecular flexibility index (Phi) is 6.20. The highest BCUT2D eigenvalue weighted by atomic mass is 16.6. The van der Waals surface area contributed by atoms with Crippen LogP contribution in [0.3, 0.4) is 0 Å². The van der Waals surface area contributed by atoms with Crippen LogP contribution in [0.2, 0.25) is 0 Å². The lowest BCUT2D eigenvalue weighted by Gasteiger charge is -2.33. The fourth-order valence-electron chi connectivity index (χ4n) is 2.73. The van der Waals surface area contributed by atoms with E-state index in [0.29, 0.717) is 44.9 Å². The molecule has 1 amide bonds. The van der Waals surface area contributed by atoms with Crippen LogP contribution >= 0.6 is 0 Å². The van der Waals surface area contributed by atoms with E-state index >= 15 is 0 Å². The van der Waals surface area contributed by atoms with Crippen molar-refractivity contribution in [3.8, 4) is 5.75 Å². The van der Waals surface area contributed by atoms with Gasteiger partial charge in [0, 0.05) is 38.3 Å². The number of carbonyl (C=O) groups is 1. The summed E-state index contributed by atoms with van der Waals surface area (Å²) in [7, 11) is 0. The highest BCUT2D eigenvalue weighted by molar-refractivity contribution is 5.67. The van der Waals surface area contributed by atoms with Gasteiger partial charge in [0.15, 0.2) is 5.75 Å². The largest absolute Gasteiger partial charge is 0.504 e. The van der Waals surface area contributed by atoms with Gasteiger partial charge in [-0.2, -0.15) is 0 Å². The second kappa shape index (κ2) is 8.15. The Morgan fingerprint density at radius 2 is 1.92 bits per heavy atom. The van der Waals surface area contributed by atoms with Crippen molar-refractivity contribution in [2.75, 3.05) is 32.8 Å². The van der Waals surface area contributed by atoms with E-state index in [1.165, 1.54) is 6.07 Å². The third kappa shape index (κ3) is 4.47. The summed E-state index contributed by atoms with van der Waals surface area (Å²) >= 11 is 0. The summed E-state index contributed by atoms with van der Waals surface area (Å²) in [6.45, 7) is 9.21. The Morgan fingerprint density at radius 1 is 1.25 bits per heavy atom. The molecule has 0 aliphatic carbocycles. The van der Waals surface area contributed by atoms with Crippen LogP contribution in [0.15, 0.2) is 23.0 Å². The SMILES string of the molecule is CCOC(=O)N1CCN(Cc2ccc(C(C)C)cc(=O)c2O)CC1. The van der Waals surface area contributed by atoms with Crippen molar-refractivity contribution in [3.63, 3.8) is 0 Å². The number of rotatable bonds is 4. The topological polar surface area (TPSA) is 70.1 Å². The number of aromatic hydroxyl groups is 1. The minimum atomic E-state index is -0.344. The molecule has 0 spiro atoms. The van der Waals surface area contributed by atoms with Crippen molar-refractivity contribution in [2.24, 2.45) is 0 Å². The van der Waals surface area contributed by atoms with Gasteiger partial charge in [0.2, 0.25) is 5.43 Å². The Balaban J connectivity index is 2.05. The lowest BCUT2D eigenvalue weighted by molar-refractivity contribution is 0.0776. The fourth-order valence-corrected chi connectivity index (χ4v) is 2.73. The van der Waals surface area contributed by atoms with E-state index in [0.717, 1.165) is 5.56 Å². The van der Waals surface area contributed by atoms with Crippen molar-refractivity contribution < 1.29 is 14.6 Å². The molecule has 0 saturated carbocycles. The Bertz CT molecular complexity index is 637. The molecule has 132 valence electrons. The minimum absolute atomic E-state index is 0.185. The Labute approximate surface area is 142 Å². The quantitative estimate of drug-likeness (QED) is 0.914. The zero-order valence-electron chi connectivity index (χ0n) is 14.6. The van der Waals surface area contributed by atoms with E-state index in [2.05, 4.69) is 4.90 Å².